The van der Waals surface area contributed by atoms with Gasteiger partial charge >= 0.3 is 0 Å². The van der Waals surface area contributed by atoms with E-state index in [-0.39, 0.29) is 0 Å². The van der Waals surface area contributed by atoms with E-state index in [0.717, 1.165) is 33.1 Å². The van der Waals surface area contributed by atoms with Crippen LogP contribution in [0.25, 0.3) is 5.78 Å². The Bertz CT molecular complexity index is 767. The molecule has 2 aromatic heterocycles. The fraction of sp³-hybridized carbons (Fsp3) is 0.200. The van der Waals surface area contributed by atoms with E-state index in [4.69, 9.17) is 0 Å². The lowest BCUT2D eigenvalue weighted by atomic mass is 10.3. The maximum absolute atomic E-state index is 4.59. The molecule has 0 atom stereocenters. The van der Waals surface area contributed by atoms with Crippen LogP contribution in [0.5, 0.6) is 0 Å². The molecule has 0 saturated carbocycles. The predicted molar refractivity (Wildman–Crippen MR) is 86.2 cm³/mol. The van der Waals surface area contributed by atoms with E-state index in [1.807, 2.05) is 23.5 Å². The van der Waals surface area contributed by atoms with Crippen molar-refractivity contribution in [1.82, 2.24) is 14.4 Å². The second kappa shape index (κ2) is 5.58. The maximum atomic E-state index is 4.59. The van der Waals surface area contributed by atoms with E-state index in [0.29, 0.717) is 0 Å². The van der Waals surface area contributed by atoms with Crippen molar-refractivity contribution in [3.8, 4) is 0 Å². The summed E-state index contributed by atoms with van der Waals surface area (Å²) in [5.74, 6) is 1.62. The number of hydrogen-bond acceptors (Lipinski definition) is 3. The normalized spacial score (nSPS) is 11.2. The van der Waals surface area contributed by atoms with Crippen LogP contribution in [0.2, 0.25) is 0 Å². The largest absolute Gasteiger partial charge is 0.288 e. The summed E-state index contributed by atoms with van der Waals surface area (Å²) in [5, 5.41) is 0. The molecule has 0 amide bonds. The molecule has 3 aromatic rings. The Morgan fingerprint density at radius 1 is 1.20 bits per heavy atom. The van der Waals surface area contributed by atoms with Gasteiger partial charge < -0.3 is 0 Å². The topological polar surface area (TPSA) is 30.2 Å². The zero-order valence-corrected chi connectivity index (χ0v) is 13.7. The Morgan fingerprint density at radius 3 is 2.80 bits per heavy atom. The number of aromatic nitrogens is 3. The monoisotopic (exact) mass is 347 g/mol. The minimum atomic E-state index is 0.783. The number of imidazole rings is 1. The lowest BCUT2D eigenvalue weighted by Gasteiger charge is -2.01. The second-order valence-electron chi connectivity index (χ2n) is 4.66. The quantitative estimate of drug-likeness (QED) is 0.657. The van der Waals surface area contributed by atoms with Gasteiger partial charge in [-0.1, -0.05) is 12.1 Å². The van der Waals surface area contributed by atoms with Crippen LogP contribution in [0.4, 0.5) is 0 Å². The summed E-state index contributed by atoms with van der Waals surface area (Å²) in [6.07, 6.45) is 2.07. The molecule has 0 radical (unpaired) electrons. The third-order valence-electron chi connectivity index (χ3n) is 3.02. The van der Waals surface area contributed by atoms with E-state index in [9.17, 15) is 0 Å². The van der Waals surface area contributed by atoms with E-state index >= 15 is 0 Å². The molecule has 3 nitrogen and oxygen atoms in total. The Kier molecular flexibility index (Phi) is 3.81. The molecule has 20 heavy (non-hydrogen) atoms. The molecule has 0 N–H and O–H groups in total. The van der Waals surface area contributed by atoms with Crippen LogP contribution in [-0.4, -0.2) is 14.4 Å². The molecule has 0 aliphatic carbocycles. The average Bonchev–Trinajstić information content (AvgIpc) is 2.81. The van der Waals surface area contributed by atoms with Crippen molar-refractivity contribution in [1.29, 1.82) is 0 Å². The minimum absolute atomic E-state index is 0.783. The van der Waals surface area contributed by atoms with E-state index in [1.165, 1.54) is 4.90 Å². The van der Waals surface area contributed by atoms with E-state index in [2.05, 4.69) is 57.2 Å². The second-order valence-corrected chi connectivity index (χ2v) is 6.53. The summed E-state index contributed by atoms with van der Waals surface area (Å²) in [6, 6.07) is 10.3. The van der Waals surface area contributed by atoms with Gasteiger partial charge in [0.05, 0.1) is 5.69 Å². The Balaban J connectivity index is 1.85. The molecule has 0 fully saturated rings. The van der Waals surface area contributed by atoms with Gasteiger partial charge in [-0.25, -0.2) is 9.97 Å². The molecular weight excluding hydrogens is 334 g/mol. The van der Waals surface area contributed by atoms with Crippen LogP contribution in [0.1, 0.15) is 17.1 Å². The van der Waals surface area contributed by atoms with Gasteiger partial charge in [0.1, 0.15) is 0 Å². The summed E-state index contributed by atoms with van der Waals surface area (Å²) in [6.45, 7) is 4.07. The van der Waals surface area contributed by atoms with Crippen LogP contribution in [0.3, 0.4) is 0 Å². The number of benzene rings is 1. The number of thioether (sulfide) groups is 1. The zero-order chi connectivity index (χ0) is 14.1. The van der Waals surface area contributed by atoms with Crippen molar-refractivity contribution in [2.24, 2.45) is 0 Å². The van der Waals surface area contributed by atoms with Crippen molar-refractivity contribution in [3.05, 3.63) is 58.1 Å². The molecule has 0 bridgehead atoms. The van der Waals surface area contributed by atoms with Crippen LogP contribution >= 0.6 is 27.7 Å². The standard InChI is InChI=1S/C15H14BrN3S/c1-10-7-11(2)19-8-12(18-15(19)17-10)9-20-14-6-4-3-5-13(14)16/h3-8H,9H2,1-2H3. The highest BCUT2D eigenvalue weighted by molar-refractivity contribution is 9.10. The van der Waals surface area contributed by atoms with E-state index in [1.54, 1.807) is 11.8 Å². The number of hydrogen-bond donors (Lipinski definition) is 0. The SMILES string of the molecule is Cc1cc(C)n2cc(CSc3ccccc3Br)nc2n1. The van der Waals surface area contributed by atoms with Gasteiger partial charge in [0.25, 0.3) is 0 Å². The first-order valence-electron chi connectivity index (χ1n) is 6.33. The van der Waals surface area contributed by atoms with Crippen LogP contribution in [-0.2, 0) is 5.75 Å². The Labute approximate surface area is 130 Å². The maximum Gasteiger partial charge on any atom is 0.234 e. The van der Waals surface area contributed by atoms with Gasteiger partial charge in [0, 0.05) is 32.7 Å². The first kappa shape index (κ1) is 13.6. The fourth-order valence-electron chi connectivity index (χ4n) is 2.10. The van der Waals surface area contributed by atoms with Crippen LogP contribution in [0, 0.1) is 13.8 Å². The van der Waals surface area contributed by atoms with Crippen LogP contribution < -0.4 is 0 Å². The van der Waals surface area contributed by atoms with Gasteiger partial charge in [-0.15, -0.1) is 11.8 Å². The number of aryl methyl sites for hydroxylation is 2. The highest BCUT2D eigenvalue weighted by Gasteiger charge is 2.07. The van der Waals surface area contributed by atoms with Gasteiger partial charge in [-0.05, 0) is 48.0 Å². The fourth-order valence-corrected chi connectivity index (χ4v) is 3.55. The molecule has 0 saturated heterocycles. The molecular formula is C15H14BrN3S. The lowest BCUT2D eigenvalue weighted by Crippen LogP contribution is -1.94. The van der Waals surface area contributed by atoms with Crippen molar-refractivity contribution < 1.29 is 0 Å². The summed E-state index contributed by atoms with van der Waals surface area (Å²) in [5.41, 5.74) is 3.22. The summed E-state index contributed by atoms with van der Waals surface area (Å²) < 4.78 is 3.17. The molecule has 0 spiro atoms. The molecule has 3 rings (SSSR count). The minimum Gasteiger partial charge on any atom is -0.288 e. The average molecular weight is 348 g/mol. The van der Waals surface area contributed by atoms with Gasteiger partial charge in [-0.2, -0.15) is 0 Å². The Morgan fingerprint density at radius 2 is 2.00 bits per heavy atom. The molecule has 0 aliphatic heterocycles. The first-order chi connectivity index (χ1) is 9.63. The third kappa shape index (κ3) is 2.74. The highest BCUT2D eigenvalue weighted by Crippen LogP contribution is 2.29. The molecule has 102 valence electrons. The summed E-state index contributed by atoms with van der Waals surface area (Å²) in [7, 11) is 0. The Hall–Kier alpha value is -1.33. The van der Waals surface area contributed by atoms with Crippen molar-refractivity contribution in [2.75, 3.05) is 0 Å². The van der Waals surface area contributed by atoms with Crippen LogP contribution in [0.15, 0.2) is 45.9 Å². The van der Waals surface area contributed by atoms with Gasteiger partial charge in [0.15, 0.2) is 0 Å². The lowest BCUT2D eigenvalue weighted by molar-refractivity contribution is 1.01. The van der Waals surface area contributed by atoms with Crippen molar-refractivity contribution in [3.63, 3.8) is 0 Å². The third-order valence-corrected chi connectivity index (χ3v) is 5.08. The van der Waals surface area contributed by atoms with Gasteiger partial charge in [0.2, 0.25) is 5.78 Å². The molecule has 2 heterocycles. The van der Waals surface area contributed by atoms with Crippen molar-refractivity contribution >= 4 is 33.5 Å². The van der Waals surface area contributed by atoms with Gasteiger partial charge in [-0.3, -0.25) is 4.40 Å². The molecule has 5 heteroatoms. The molecule has 0 unspecified atom stereocenters. The number of halogens is 1. The smallest absolute Gasteiger partial charge is 0.234 e. The zero-order valence-electron chi connectivity index (χ0n) is 11.3. The van der Waals surface area contributed by atoms with Crippen molar-refractivity contribution in [2.45, 2.75) is 24.5 Å². The molecule has 0 aliphatic rings. The summed E-state index contributed by atoms with van der Waals surface area (Å²) >= 11 is 5.34. The molecule has 1 aromatic carbocycles. The highest BCUT2D eigenvalue weighted by atomic mass is 79.9. The van der Waals surface area contributed by atoms with E-state index < -0.39 is 0 Å². The number of rotatable bonds is 3. The number of fused-ring (bicyclic) bond motifs is 1. The number of nitrogens with zero attached hydrogens (tertiary/aromatic N) is 3. The summed E-state index contributed by atoms with van der Waals surface area (Å²) in [4.78, 5) is 10.3. The predicted octanol–water partition coefficient (Wildman–Crippen LogP) is 4.40. The first-order valence-corrected chi connectivity index (χ1v) is 8.11.